The van der Waals surface area contributed by atoms with Gasteiger partial charge in [0.25, 0.3) is 5.91 Å². The number of aromatic nitrogens is 1. The van der Waals surface area contributed by atoms with E-state index in [0.717, 1.165) is 53.8 Å². The first kappa shape index (κ1) is 23.0. The number of pyridine rings is 1. The maximum Gasteiger partial charge on any atom is 0.254 e. The number of carbonyl (C=O) groups excluding carboxylic acids is 2. The van der Waals surface area contributed by atoms with Crippen LogP contribution in [0.2, 0.25) is 0 Å². The molecule has 6 rings (SSSR count). The van der Waals surface area contributed by atoms with Crippen molar-refractivity contribution in [3.63, 3.8) is 0 Å². The highest BCUT2D eigenvalue weighted by molar-refractivity contribution is 6.08. The van der Waals surface area contributed by atoms with Gasteiger partial charge in [0.15, 0.2) is 5.78 Å². The maximum absolute atomic E-state index is 14.0. The second-order valence-electron chi connectivity index (χ2n) is 10.1. The molecule has 1 aromatic heterocycles. The summed E-state index contributed by atoms with van der Waals surface area (Å²) in [6.07, 6.45) is 2.44. The SMILES string of the molecule is CCN1CCc2nc3ccccc3c(C(=O)N3CCC4(CC3)CC(=O)c3cc(OC)ccc3O4)c2C1. The summed E-state index contributed by atoms with van der Waals surface area (Å²) >= 11 is 0. The fourth-order valence-corrected chi connectivity index (χ4v) is 5.91. The number of benzene rings is 2. The molecule has 1 saturated heterocycles. The van der Waals surface area contributed by atoms with Crippen molar-refractivity contribution in [3.05, 3.63) is 64.8 Å². The van der Waals surface area contributed by atoms with Gasteiger partial charge in [-0.25, -0.2) is 0 Å². The van der Waals surface area contributed by atoms with Gasteiger partial charge < -0.3 is 14.4 Å². The highest BCUT2D eigenvalue weighted by Crippen LogP contribution is 2.41. The van der Waals surface area contributed by atoms with E-state index in [9.17, 15) is 9.59 Å². The van der Waals surface area contributed by atoms with Gasteiger partial charge in [0, 0.05) is 62.1 Å². The zero-order valence-electron chi connectivity index (χ0n) is 20.9. The molecule has 2 aromatic carbocycles. The molecule has 186 valence electrons. The molecular weight excluding hydrogens is 454 g/mol. The Bertz CT molecular complexity index is 1360. The number of likely N-dealkylation sites (N-methyl/N-ethyl adjacent to an activating group) is 1. The largest absolute Gasteiger partial charge is 0.497 e. The molecule has 1 fully saturated rings. The average Bonchev–Trinajstić information content (AvgIpc) is 2.91. The van der Waals surface area contributed by atoms with Crippen LogP contribution in [-0.2, 0) is 13.0 Å². The van der Waals surface area contributed by atoms with Gasteiger partial charge in [-0.05, 0) is 30.8 Å². The highest BCUT2D eigenvalue weighted by atomic mass is 16.5. The number of fused-ring (bicyclic) bond motifs is 3. The van der Waals surface area contributed by atoms with Crippen LogP contribution < -0.4 is 9.47 Å². The molecule has 0 N–H and O–H groups in total. The lowest BCUT2D eigenvalue weighted by Crippen LogP contribution is -2.52. The molecule has 3 aliphatic rings. The van der Waals surface area contributed by atoms with Crippen LogP contribution in [0.25, 0.3) is 10.9 Å². The van der Waals surface area contributed by atoms with E-state index >= 15 is 0 Å². The van der Waals surface area contributed by atoms with Crippen molar-refractivity contribution < 1.29 is 19.1 Å². The first-order valence-corrected chi connectivity index (χ1v) is 12.8. The van der Waals surface area contributed by atoms with Crippen LogP contribution in [0.4, 0.5) is 0 Å². The first-order chi connectivity index (χ1) is 17.5. The van der Waals surface area contributed by atoms with E-state index in [2.05, 4.69) is 11.8 Å². The van der Waals surface area contributed by atoms with E-state index in [0.29, 0.717) is 49.4 Å². The smallest absolute Gasteiger partial charge is 0.254 e. The van der Waals surface area contributed by atoms with E-state index in [4.69, 9.17) is 14.5 Å². The van der Waals surface area contributed by atoms with Crippen molar-refractivity contribution in [1.82, 2.24) is 14.8 Å². The summed E-state index contributed by atoms with van der Waals surface area (Å²) in [6.45, 7) is 5.93. The Kier molecular flexibility index (Phi) is 5.67. The summed E-state index contributed by atoms with van der Waals surface area (Å²) in [6, 6.07) is 13.4. The zero-order valence-corrected chi connectivity index (χ0v) is 20.9. The number of methoxy groups -OCH3 is 1. The van der Waals surface area contributed by atoms with Gasteiger partial charge in [0.1, 0.15) is 17.1 Å². The molecular formula is C29H31N3O4. The number of Topliss-reactive ketones (excluding diaryl/α,β-unsaturated/α-hetero) is 1. The normalized spacial score (nSPS) is 19.1. The summed E-state index contributed by atoms with van der Waals surface area (Å²) in [5.74, 6) is 1.39. The number of nitrogens with zero attached hydrogens (tertiary/aromatic N) is 3. The molecule has 1 spiro atoms. The van der Waals surface area contributed by atoms with Gasteiger partial charge in [-0.3, -0.25) is 19.5 Å². The third-order valence-electron chi connectivity index (χ3n) is 8.04. The predicted octanol–water partition coefficient (Wildman–Crippen LogP) is 4.26. The van der Waals surface area contributed by atoms with Crippen LogP contribution in [-0.4, -0.2) is 65.4 Å². The fraction of sp³-hybridized carbons (Fsp3) is 0.414. The van der Waals surface area contributed by atoms with Crippen molar-refractivity contribution >= 4 is 22.6 Å². The topological polar surface area (TPSA) is 72.0 Å². The van der Waals surface area contributed by atoms with E-state index in [1.807, 2.05) is 41.3 Å². The third kappa shape index (κ3) is 3.82. The van der Waals surface area contributed by atoms with Gasteiger partial charge in [-0.2, -0.15) is 0 Å². The van der Waals surface area contributed by atoms with Crippen LogP contribution >= 0.6 is 0 Å². The summed E-state index contributed by atoms with van der Waals surface area (Å²) < 4.78 is 11.7. The van der Waals surface area contributed by atoms with Crippen molar-refractivity contribution in [1.29, 1.82) is 0 Å². The molecule has 1 amide bonds. The molecule has 36 heavy (non-hydrogen) atoms. The molecule has 3 aromatic rings. The third-order valence-corrected chi connectivity index (χ3v) is 8.04. The minimum atomic E-state index is -0.561. The minimum absolute atomic E-state index is 0.0601. The lowest BCUT2D eigenvalue weighted by Gasteiger charge is -2.44. The van der Waals surface area contributed by atoms with E-state index in [-0.39, 0.29) is 11.7 Å². The quantitative estimate of drug-likeness (QED) is 0.552. The zero-order chi connectivity index (χ0) is 24.9. The Morgan fingerprint density at radius 3 is 2.72 bits per heavy atom. The van der Waals surface area contributed by atoms with Crippen molar-refractivity contribution in [2.45, 2.75) is 44.8 Å². The van der Waals surface area contributed by atoms with Crippen molar-refractivity contribution in [3.8, 4) is 11.5 Å². The van der Waals surface area contributed by atoms with Gasteiger partial charge in [0.05, 0.1) is 30.2 Å². The summed E-state index contributed by atoms with van der Waals surface area (Å²) in [7, 11) is 1.59. The number of rotatable bonds is 3. The molecule has 0 atom stereocenters. The molecule has 0 aliphatic carbocycles. The maximum atomic E-state index is 14.0. The molecule has 7 nitrogen and oxygen atoms in total. The van der Waals surface area contributed by atoms with Gasteiger partial charge in [-0.1, -0.05) is 25.1 Å². The molecule has 0 unspecified atom stereocenters. The van der Waals surface area contributed by atoms with Crippen molar-refractivity contribution in [2.75, 3.05) is 33.3 Å². The Labute approximate surface area is 211 Å². The van der Waals surface area contributed by atoms with Gasteiger partial charge >= 0.3 is 0 Å². The molecule has 4 heterocycles. The number of hydrogen-bond acceptors (Lipinski definition) is 6. The van der Waals surface area contributed by atoms with E-state index in [1.165, 1.54) is 0 Å². The number of ketones is 1. The van der Waals surface area contributed by atoms with Crippen LogP contribution in [0.1, 0.15) is 58.2 Å². The highest BCUT2D eigenvalue weighted by Gasteiger charge is 2.44. The molecule has 0 saturated carbocycles. The number of carbonyl (C=O) groups is 2. The Morgan fingerprint density at radius 2 is 1.94 bits per heavy atom. The Balaban J connectivity index is 1.28. The van der Waals surface area contributed by atoms with Crippen LogP contribution in [0.15, 0.2) is 42.5 Å². The molecule has 3 aliphatic heterocycles. The van der Waals surface area contributed by atoms with Gasteiger partial charge in [-0.15, -0.1) is 0 Å². The second-order valence-corrected chi connectivity index (χ2v) is 10.1. The average molecular weight is 486 g/mol. The summed E-state index contributed by atoms with van der Waals surface area (Å²) in [5.41, 5.74) is 3.80. The molecule has 0 radical (unpaired) electrons. The Hall–Kier alpha value is -3.45. The van der Waals surface area contributed by atoms with Gasteiger partial charge in [0.2, 0.25) is 0 Å². The number of para-hydroxylation sites is 1. The van der Waals surface area contributed by atoms with E-state index < -0.39 is 5.60 Å². The first-order valence-electron chi connectivity index (χ1n) is 12.8. The lowest BCUT2D eigenvalue weighted by molar-refractivity contribution is -0.00577. The number of likely N-dealkylation sites (tertiary alicyclic amines) is 1. The monoisotopic (exact) mass is 485 g/mol. The molecule has 0 bridgehead atoms. The number of ether oxygens (including phenoxy) is 2. The number of amides is 1. The standard InChI is InChI=1S/C29H31N3O4/c1-3-31-13-10-24-22(18-31)27(20-6-4-5-7-23(20)30-24)28(34)32-14-11-29(12-15-32)17-25(33)21-16-19(35-2)8-9-26(21)36-29/h4-9,16H,3,10-15,17-18H2,1-2H3. The minimum Gasteiger partial charge on any atom is -0.497 e. The summed E-state index contributed by atoms with van der Waals surface area (Å²) in [5, 5.41) is 0.923. The van der Waals surface area contributed by atoms with Crippen LogP contribution in [0, 0.1) is 0 Å². The van der Waals surface area contributed by atoms with Crippen LogP contribution in [0.5, 0.6) is 11.5 Å². The second kappa shape index (κ2) is 8.89. The predicted molar refractivity (Wildman–Crippen MR) is 137 cm³/mol. The van der Waals surface area contributed by atoms with Crippen LogP contribution in [0.3, 0.4) is 0 Å². The summed E-state index contributed by atoms with van der Waals surface area (Å²) in [4.78, 5) is 36.3. The van der Waals surface area contributed by atoms with Crippen molar-refractivity contribution in [2.24, 2.45) is 0 Å². The molecule has 7 heteroatoms. The number of hydrogen-bond donors (Lipinski definition) is 0. The Morgan fingerprint density at radius 1 is 1.14 bits per heavy atom. The van der Waals surface area contributed by atoms with E-state index in [1.54, 1.807) is 13.2 Å². The fourth-order valence-electron chi connectivity index (χ4n) is 5.91. The number of piperidine rings is 1. The lowest BCUT2D eigenvalue weighted by atomic mass is 9.82.